The molecule has 6 nitrogen and oxygen atoms in total. The number of ketones is 2. The van der Waals surface area contributed by atoms with Crippen molar-refractivity contribution in [2.24, 2.45) is 17.3 Å². The number of aliphatic hydroxyl groups excluding tert-OH is 1. The molecule has 0 radical (unpaired) electrons. The molecule has 174 valence electrons. The Kier molecular flexibility index (Phi) is 10.0. The molecule has 0 spiro atoms. The van der Waals surface area contributed by atoms with E-state index in [1.807, 2.05) is 6.92 Å². The minimum atomic E-state index is -0.799. The van der Waals surface area contributed by atoms with Gasteiger partial charge in [-0.15, -0.1) is 0 Å². The molecule has 0 saturated heterocycles. The van der Waals surface area contributed by atoms with E-state index in [1.54, 1.807) is 39.8 Å². The van der Waals surface area contributed by atoms with Gasteiger partial charge in [-0.25, -0.2) is 4.79 Å². The molecule has 0 fully saturated rings. The number of hydrogen-bond acceptors (Lipinski definition) is 6. The standard InChI is InChI=1S/C25H38O6/c1-17(2)14-22(28)31-13-9-21-20(15-18(3)27)23(29)19(16-26)8-12-25(21,6)11-7-10-24(4,5)30/h8-9,13-14,20-21,26,30H,7,10-12,15-16H2,1-6H3. The molecule has 0 heterocycles. The average Bonchev–Trinajstić information content (AvgIpc) is 2.70. The van der Waals surface area contributed by atoms with Gasteiger partial charge in [-0.2, -0.15) is 0 Å². The lowest BCUT2D eigenvalue weighted by Gasteiger charge is -2.38. The van der Waals surface area contributed by atoms with Gasteiger partial charge in [-0.05, 0) is 71.3 Å². The summed E-state index contributed by atoms with van der Waals surface area (Å²) in [4.78, 5) is 37.0. The van der Waals surface area contributed by atoms with Crippen molar-refractivity contribution >= 4 is 17.5 Å². The maximum atomic E-state index is 13.1. The highest BCUT2D eigenvalue weighted by molar-refractivity contribution is 6.00. The summed E-state index contributed by atoms with van der Waals surface area (Å²) < 4.78 is 5.19. The second-order valence-electron chi connectivity index (χ2n) is 9.80. The van der Waals surface area contributed by atoms with Crippen molar-refractivity contribution in [2.45, 2.75) is 79.2 Å². The molecule has 0 bridgehead atoms. The van der Waals surface area contributed by atoms with Crippen LogP contribution in [0, 0.1) is 17.3 Å². The second-order valence-corrected chi connectivity index (χ2v) is 9.80. The number of allylic oxidation sites excluding steroid dienone is 3. The van der Waals surface area contributed by atoms with Gasteiger partial charge in [0.15, 0.2) is 5.78 Å². The van der Waals surface area contributed by atoms with Crippen molar-refractivity contribution in [3.63, 3.8) is 0 Å². The fraction of sp³-hybridized carbons (Fsp3) is 0.640. The predicted octanol–water partition coefficient (Wildman–Crippen LogP) is 4.06. The quantitative estimate of drug-likeness (QED) is 0.305. The van der Waals surface area contributed by atoms with E-state index in [4.69, 9.17) is 4.74 Å². The number of carbonyl (C=O) groups is 3. The molecule has 0 aromatic carbocycles. The van der Waals surface area contributed by atoms with E-state index < -0.39 is 22.9 Å². The van der Waals surface area contributed by atoms with Crippen LogP contribution in [0.3, 0.4) is 0 Å². The number of ether oxygens (including phenoxy) is 1. The Hall–Kier alpha value is -2.05. The maximum absolute atomic E-state index is 13.1. The van der Waals surface area contributed by atoms with E-state index in [0.29, 0.717) is 24.8 Å². The van der Waals surface area contributed by atoms with Gasteiger partial charge in [-0.3, -0.25) is 4.79 Å². The SMILES string of the molecule is CC(=O)CC1C(=O)C(CO)=CCC(C)(CCCC(C)(C)O)C1C=COC(=O)C=C(C)C. The summed E-state index contributed by atoms with van der Waals surface area (Å²) in [6.45, 7) is 10.2. The van der Waals surface area contributed by atoms with Crippen molar-refractivity contribution in [3.05, 3.63) is 35.6 Å². The summed E-state index contributed by atoms with van der Waals surface area (Å²) in [5, 5.41) is 19.8. The van der Waals surface area contributed by atoms with Crippen LogP contribution in [0.15, 0.2) is 35.6 Å². The summed E-state index contributed by atoms with van der Waals surface area (Å²) >= 11 is 0. The molecule has 31 heavy (non-hydrogen) atoms. The van der Waals surface area contributed by atoms with E-state index in [2.05, 4.69) is 0 Å². The monoisotopic (exact) mass is 434 g/mol. The van der Waals surface area contributed by atoms with Crippen LogP contribution in [0.1, 0.15) is 73.6 Å². The third-order valence-corrected chi connectivity index (χ3v) is 5.80. The van der Waals surface area contributed by atoms with Crippen molar-refractivity contribution in [2.75, 3.05) is 6.61 Å². The lowest BCUT2D eigenvalue weighted by Crippen LogP contribution is -2.36. The van der Waals surface area contributed by atoms with Crippen molar-refractivity contribution < 1.29 is 29.3 Å². The number of Topliss-reactive ketones (excluding diaryl/α,β-unsaturated/α-hetero) is 2. The van der Waals surface area contributed by atoms with Crippen molar-refractivity contribution in [1.29, 1.82) is 0 Å². The lowest BCUT2D eigenvalue weighted by molar-refractivity contribution is -0.132. The van der Waals surface area contributed by atoms with Crippen LogP contribution < -0.4 is 0 Å². The zero-order chi connectivity index (χ0) is 23.8. The fourth-order valence-corrected chi connectivity index (χ4v) is 4.17. The Labute approximate surface area is 186 Å². The van der Waals surface area contributed by atoms with Gasteiger partial charge in [0, 0.05) is 24.0 Å². The molecule has 6 heteroatoms. The third kappa shape index (κ3) is 8.91. The van der Waals surface area contributed by atoms with Crippen LogP contribution in [-0.4, -0.2) is 40.0 Å². The molecule has 1 aliphatic carbocycles. The highest BCUT2D eigenvalue weighted by Crippen LogP contribution is 2.46. The molecule has 2 N–H and O–H groups in total. The lowest BCUT2D eigenvalue weighted by atomic mass is 9.65. The molecule has 0 aromatic heterocycles. The molecule has 0 aromatic rings. The van der Waals surface area contributed by atoms with E-state index in [-0.39, 0.29) is 30.5 Å². The Morgan fingerprint density at radius 2 is 1.94 bits per heavy atom. The van der Waals surface area contributed by atoms with Crippen LogP contribution in [0.4, 0.5) is 0 Å². The summed E-state index contributed by atoms with van der Waals surface area (Å²) in [5.41, 5.74) is -0.0900. The van der Waals surface area contributed by atoms with E-state index >= 15 is 0 Å². The minimum absolute atomic E-state index is 0.0498. The van der Waals surface area contributed by atoms with Crippen LogP contribution in [0.25, 0.3) is 0 Å². The van der Waals surface area contributed by atoms with E-state index in [0.717, 1.165) is 12.0 Å². The normalized spacial score (nSPS) is 24.5. The number of carbonyl (C=O) groups excluding carboxylic acids is 3. The number of esters is 1. The Morgan fingerprint density at radius 1 is 1.29 bits per heavy atom. The van der Waals surface area contributed by atoms with Gasteiger partial charge in [0.2, 0.25) is 0 Å². The average molecular weight is 435 g/mol. The molecule has 3 atom stereocenters. The first-order chi connectivity index (χ1) is 14.3. The predicted molar refractivity (Wildman–Crippen MR) is 120 cm³/mol. The summed E-state index contributed by atoms with van der Waals surface area (Å²) in [7, 11) is 0. The molecule has 0 saturated carbocycles. The molecular formula is C25H38O6. The van der Waals surface area contributed by atoms with Crippen molar-refractivity contribution in [1.82, 2.24) is 0 Å². The van der Waals surface area contributed by atoms with Gasteiger partial charge in [0.1, 0.15) is 5.78 Å². The van der Waals surface area contributed by atoms with Gasteiger partial charge in [0.25, 0.3) is 0 Å². The molecule has 1 rings (SSSR count). The third-order valence-electron chi connectivity index (χ3n) is 5.80. The molecular weight excluding hydrogens is 396 g/mol. The van der Waals surface area contributed by atoms with E-state index in [9.17, 15) is 24.6 Å². The summed E-state index contributed by atoms with van der Waals surface area (Å²) in [6, 6.07) is 0. The topological polar surface area (TPSA) is 101 Å². The van der Waals surface area contributed by atoms with Gasteiger partial charge < -0.3 is 19.7 Å². The first kappa shape index (κ1) is 27.0. The highest BCUT2D eigenvalue weighted by Gasteiger charge is 2.43. The fourth-order valence-electron chi connectivity index (χ4n) is 4.17. The molecule has 0 amide bonds. The van der Waals surface area contributed by atoms with Crippen LogP contribution in [0.5, 0.6) is 0 Å². The van der Waals surface area contributed by atoms with Gasteiger partial charge >= 0.3 is 5.97 Å². The summed E-state index contributed by atoms with van der Waals surface area (Å²) in [6.07, 6.45) is 8.77. The highest BCUT2D eigenvalue weighted by atomic mass is 16.5. The number of rotatable bonds is 10. The first-order valence-electron chi connectivity index (χ1n) is 10.9. The summed E-state index contributed by atoms with van der Waals surface area (Å²) in [5.74, 6) is -1.88. The van der Waals surface area contributed by atoms with E-state index in [1.165, 1.54) is 19.3 Å². The first-order valence-corrected chi connectivity index (χ1v) is 10.9. The minimum Gasteiger partial charge on any atom is -0.432 e. The number of aliphatic hydroxyl groups is 2. The Bertz CT molecular complexity index is 748. The maximum Gasteiger partial charge on any atom is 0.335 e. The molecule has 3 unspecified atom stereocenters. The van der Waals surface area contributed by atoms with Gasteiger partial charge in [-0.1, -0.05) is 25.0 Å². The smallest absolute Gasteiger partial charge is 0.335 e. The Morgan fingerprint density at radius 3 is 2.45 bits per heavy atom. The Balaban J connectivity index is 3.30. The van der Waals surface area contributed by atoms with Crippen LogP contribution in [-0.2, 0) is 19.1 Å². The number of hydrogen-bond donors (Lipinski definition) is 2. The zero-order valence-corrected chi connectivity index (χ0v) is 19.7. The largest absolute Gasteiger partial charge is 0.432 e. The second kappa shape index (κ2) is 11.5. The van der Waals surface area contributed by atoms with Crippen LogP contribution in [0.2, 0.25) is 0 Å². The van der Waals surface area contributed by atoms with Crippen molar-refractivity contribution in [3.8, 4) is 0 Å². The van der Waals surface area contributed by atoms with Crippen LogP contribution >= 0.6 is 0 Å². The molecule has 1 aliphatic rings. The zero-order valence-electron chi connectivity index (χ0n) is 19.7. The van der Waals surface area contributed by atoms with Gasteiger partial charge in [0.05, 0.1) is 18.5 Å². The molecule has 0 aliphatic heterocycles.